The van der Waals surface area contributed by atoms with Crippen LogP contribution in [0.2, 0.25) is 10.2 Å². The topological polar surface area (TPSA) is 25.8 Å². The van der Waals surface area contributed by atoms with Crippen molar-refractivity contribution < 1.29 is 0 Å². The molecule has 4 heteroatoms. The monoisotopic (exact) mass is 266 g/mol. The molecule has 88 valence electrons. The third kappa shape index (κ3) is 3.42. The van der Waals surface area contributed by atoms with Gasteiger partial charge in [0.05, 0.1) is 0 Å². The Labute approximate surface area is 111 Å². The third-order valence-electron chi connectivity index (χ3n) is 2.51. The lowest BCUT2D eigenvalue weighted by Crippen LogP contribution is -1.99. The predicted molar refractivity (Wildman–Crippen MR) is 70.6 cm³/mol. The van der Waals surface area contributed by atoms with Crippen molar-refractivity contribution in [3.8, 4) is 0 Å². The first-order valence-electron chi connectivity index (χ1n) is 5.37. The van der Waals surface area contributed by atoms with Gasteiger partial charge in [-0.2, -0.15) is 0 Å². The van der Waals surface area contributed by atoms with Crippen LogP contribution >= 0.6 is 23.2 Å². The lowest BCUT2D eigenvalue weighted by atomic mass is 10.1. The fraction of sp³-hybridized carbons (Fsp3) is 0.231. The highest BCUT2D eigenvalue weighted by molar-refractivity contribution is 6.30. The van der Waals surface area contributed by atoms with Crippen LogP contribution in [0, 0.1) is 6.92 Å². The summed E-state index contributed by atoms with van der Waals surface area (Å²) in [4.78, 5) is 8.48. The standard InChI is InChI=1S/C13H12Cl2N2/c1-9-8-16-12(17-13(9)15)7-4-10-2-5-11(14)6-3-10/h2-3,5-6,8H,4,7H2,1H3. The van der Waals surface area contributed by atoms with E-state index in [9.17, 15) is 0 Å². The molecule has 0 atom stereocenters. The summed E-state index contributed by atoms with van der Waals surface area (Å²) in [6, 6.07) is 7.80. The Morgan fingerprint density at radius 2 is 1.76 bits per heavy atom. The minimum atomic E-state index is 0.533. The summed E-state index contributed by atoms with van der Waals surface area (Å²) in [6.07, 6.45) is 3.42. The highest BCUT2D eigenvalue weighted by Crippen LogP contribution is 2.13. The molecular formula is C13H12Cl2N2. The molecule has 2 nitrogen and oxygen atoms in total. The summed E-state index contributed by atoms with van der Waals surface area (Å²) in [7, 11) is 0. The number of rotatable bonds is 3. The van der Waals surface area contributed by atoms with E-state index < -0.39 is 0 Å². The van der Waals surface area contributed by atoms with E-state index in [1.807, 2.05) is 31.2 Å². The molecule has 0 amide bonds. The molecule has 1 aromatic heterocycles. The van der Waals surface area contributed by atoms with E-state index in [0.717, 1.165) is 29.3 Å². The molecule has 1 heterocycles. The van der Waals surface area contributed by atoms with E-state index >= 15 is 0 Å². The fourth-order valence-electron chi connectivity index (χ4n) is 1.48. The Hall–Kier alpha value is -1.12. The van der Waals surface area contributed by atoms with Crippen LogP contribution in [0.4, 0.5) is 0 Å². The van der Waals surface area contributed by atoms with Crippen LogP contribution in [0.1, 0.15) is 17.0 Å². The van der Waals surface area contributed by atoms with Gasteiger partial charge in [-0.1, -0.05) is 35.3 Å². The quantitative estimate of drug-likeness (QED) is 0.789. The number of halogens is 2. The van der Waals surface area contributed by atoms with Gasteiger partial charge in [0.2, 0.25) is 0 Å². The Morgan fingerprint density at radius 3 is 2.41 bits per heavy atom. The van der Waals surface area contributed by atoms with Crippen LogP contribution in [-0.2, 0) is 12.8 Å². The summed E-state index contributed by atoms with van der Waals surface area (Å²) in [5, 5.41) is 1.29. The van der Waals surface area contributed by atoms with Gasteiger partial charge in [-0.05, 0) is 31.0 Å². The molecule has 0 aliphatic heterocycles. The Kier molecular flexibility index (Phi) is 3.97. The van der Waals surface area contributed by atoms with Crippen LogP contribution in [0.3, 0.4) is 0 Å². The molecule has 0 unspecified atom stereocenters. The summed E-state index contributed by atoms with van der Waals surface area (Å²) in [5.74, 6) is 0.774. The van der Waals surface area contributed by atoms with Gasteiger partial charge in [-0.25, -0.2) is 9.97 Å². The maximum absolute atomic E-state index is 5.95. The minimum Gasteiger partial charge on any atom is -0.241 e. The summed E-state index contributed by atoms with van der Waals surface area (Å²) < 4.78 is 0. The van der Waals surface area contributed by atoms with Crippen molar-refractivity contribution in [3.05, 3.63) is 57.6 Å². The number of aryl methyl sites for hydroxylation is 3. The zero-order valence-electron chi connectivity index (χ0n) is 9.45. The fourth-order valence-corrected chi connectivity index (χ4v) is 1.75. The number of benzene rings is 1. The van der Waals surface area contributed by atoms with Crippen LogP contribution in [0.15, 0.2) is 30.5 Å². The van der Waals surface area contributed by atoms with Gasteiger partial charge in [0.1, 0.15) is 11.0 Å². The predicted octanol–water partition coefficient (Wildman–Crippen LogP) is 3.88. The van der Waals surface area contributed by atoms with Gasteiger partial charge in [-0.15, -0.1) is 0 Å². The lowest BCUT2D eigenvalue weighted by Gasteiger charge is -2.03. The summed E-state index contributed by atoms with van der Waals surface area (Å²) >= 11 is 11.8. The second-order valence-electron chi connectivity index (χ2n) is 3.89. The first-order chi connectivity index (χ1) is 8.15. The molecule has 2 rings (SSSR count). The molecule has 0 bridgehead atoms. The summed E-state index contributed by atoms with van der Waals surface area (Å²) in [5.41, 5.74) is 2.12. The zero-order valence-corrected chi connectivity index (χ0v) is 11.0. The first-order valence-corrected chi connectivity index (χ1v) is 6.13. The highest BCUT2D eigenvalue weighted by atomic mass is 35.5. The van der Waals surface area contributed by atoms with Crippen molar-refractivity contribution in [2.24, 2.45) is 0 Å². The van der Waals surface area contributed by atoms with E-state index in [1.165, 1.54) is 5.56 Å². The number of hydrogen-bond acceptors (Lipinski definition) is 2. The van der Waals surface area contributed by atoms with Crippen LogP contribution in [0.25, 0.3) is 0 Å². The van der Waals surface area contributed by atoms with Gasteiger partial charge in [-0.3, -0.25) is 0 Å². The van der Waals surface area contributed by atoms with Crippen molar-refractivity contribution >= 4 is 23.2 Å². The molecule has 17 heavy (non-hydrogen) atoms. The average molecular weight is 267 g/mol. The van der Waals surface area contributed by atoms with Crippen LogP contribution in [-0.4, -0.2) is 9.97 Å². The van der Waals surface area contributed by atoms with Crippen molar-refractivity contribution in [2.75, 3.05) is 0 Å². The van der Waals surface area contributed by atoms with Gasteiger partial charge in [0, 0.05) is 23.2 Å². The van der Waals surface area contributed by atoms with Gasteiger partial charge in [0.25, 0.3) is 0 Å². The average Bonchev–Trinajstić information content (AvgIpc) is 2.33. The van der Waals surface area contributed by atoms with E-state index in [0.29, 0.717) is 5.15 Å². The smallest absolute Gasteiger partial charge is 0.135 e. The van der Waals surface area contributed by atoms with Crippen molar-refractivity contribution in [2.45, 2.75) is 19.8 Å². The van der Waals surface area contributed by atoms with Gasteiger partial charge < -0.3 is 0 Å². The van der Waals surface area contributed by atoms with Crippen molar-refractivity contribution in [1.29, 1.82) is 0 Å². The molecule has 0 aliphatic rings. The second-order valence-corrected chi connectivity index (χ2v) is 4.68. The number of aromatic nitrogens is 2. The SMILES string of the molecule is Cc1cnc(CCc2ccc(Cl)cc2)nc1Cl. The normalized spacial score (nSPS) is 10.5. The summed E-state index contributed by atoms with van der Waals surface area (Å²) in [6.45, 7) is 1.89. The van der Waals surface area contributed by atoms with E-state index in [2.05, 4.69) is 9.97 Å². The molecule has 0 N–H and O–H groups in total. The van der Waals surface area contributed by atoms with Crippen LogP contribution in [0.5, 0.6) is 0 Å². The molecule has 0 saturated carbocycles. The van der Waals surface area contributed by atoms with Crippen molar-refractivity contribution in [3.63, 3.8) is 0 Å². The molecule has 2 aromatic rings. The lowest BCUT2D eigenvalue weighted by molar-refractivity contribution is 0.853. The van der Waals surface area contributed by atoms with E-state index in [-0.39, 0.29) is 0 Å². The first kappa shape index (κ1) is 12.3. The molecule has 0 radical (unpaired) electrons. The number of hydrogen-bond donors (Lipinski definition) is 0. The Balaban J connectivity index is 2.02. The van der Waals surface area contributed by atoms with E-state index in [4.69, 9.17) is 23.2 Å². The Morgan fingerprint density at radius 1 is 1.06 bits per heavy atom. The molecule has 0 saturated heterocycles. The maximum atomic E-state index is 5.95. The molecule has 0 aliphatic carbocycles. The van der Waals surface area contributed by atoms with Crippen molar-refractivity contribution in [1.82, 2.24) is 9.97 Å². The van der Waals surface area contributed by atoms with E-state index in [1.54, 1.807) is 6.20 Å². The molecular weight excluding hydrogens is 255 g/mol. The number of nitrogens with zero attached hydrogens (tertiary/aromatic N) is 2. The Bertz CT molecular complexity index is 509. The highest BCUT2D eigenvalue weighted by Gasteiger charge is 2.02. The van der Waals surface area contributed by atoms with Crippen LogP contribution < -0.4 is 0 Å². The largest absolute Gasteiger partial charge is 0.241 e. The minimum absolute atomic E-state index is 0.533. The zero-order chi connectivity index (χ0) is 12.3. The maximum Gasteiger partial charge on any atom is 0.135 e. The van der Waals surface area contributed by atoms with Gasteiger partial charge in [0.15, 0.2) is 0 Å². The molecule has 0 fully saturated rings. The molecule has 1 aromatic carbocycles. The molecule has 0 spiro atoms. The van der Waals surface area contributed by atoms with Gasteiger partial charge >= 0.3 is 0 Å². The second kappa shape index (κ2) is 5.48. The third-order valence-corrected chi connectivity index (χ3v) is 3.14.